The maximum Gasteiger partial charge on any atom is 0.221 e. The molecule has 1 aliphatic heterocycles. The van der Waals surface area contributed by atoms with E-state index in [0.29, 0.717) is 5.92 Å². The lowest BCUT2D eigenvalue weighted by atomic mass is 9.99. The zero-order valence-corrected chi connectivity index (χ0v) is 11.4. The van der Waals surface area contributed by atoms with Gasteiger partial charge >= 0.3 is 0 Å². The van der Waals surface area contributed by atoms with Gasteiger partial charge in [0.25, 0.3) is 0 Å². The SMILES string of the molecule is Cc1cnc(OCC2CCNCC2)c2ccccc12. The Morgan fingerprint density at radius 2 is 1.95 bits per heavy atom. The first-order valence-electron chi connectivity index (χ1n) is 7.02. The number of hydrogen-bond donors (Lipinski definition) is 1. The number of benzene rings is 1. The van der Waals surface area contributed by atoms with E-state index < -0.39 is 0 Å². The summed E-state index contributed by atoms with van der Waals surface area (Å²) in [6.07, 6.45) is 4.30. The smallest absolute Gasteiger partial charge is 0.221 e. The van der Waals surface area contributed by atoms with Crippen LogP contribution in [0, 0.1) is 12.8 Å². The molecule has 1 aromatic heterocycles. The summed E-state index contributed by atoms with van der Waals surface area (Å²) in [6, 6.07) is 8.32. The first-order valence-corrected chi connectivity index (χ1v) is 7.02. The Bertz CT molecular complexity index is 562. The van der Waals surface area contributed by atoms with Crippen LogP contribution in [0.15, 0.2) is 30.5 Å². The fourth-order valence-electron chi connectivity index (χ4n) is 2.67. The zero-order valence-electron chi connectivity index (χ0n) is 11.4. The van der Waals surface area contributed by atoms with E-state index in [1.807, 2.05) is 12.3 Å². The Balaban J connectivity index is 1.79. The van der Waals surface area contributed by atoms with Crippen LogP contribution in [0.2, 0.25) is 0 Å². The zero-order chi connectivity index (χ0) is 13.1. The van der Waals surface area contributed by atoms with Gasteiger partial charge in [-0.2, -0.15) is 0 Å². The number of aryl methyl sites for hydroxylation is 1. The van der Waals surface area contributed by atoms with E-state index in [1.54, 1.807) is 0 Å². The Morgan fingerprint density at radius 3 is 2.74 bits per heavy atom. The second kappa shape index (κ2) is 5.57. The number of hydrogen-bond acceptors (Lipinski definition) is 3. The van der Waals surface area contributed by atoms with Gasteiger partial charge in [-0.15, -0.1) is 0 Å². The number of ether oxygens (including phenoxy) is 1. The van der Waals surface area contributed by atoms with Crippen molar-refractivity contribution in [3.63, 3.8) is 0 Å². The van der Waals surface area contributed by atoms with Gasteiger partial charge in [0, 0.05) is 11.6 Å². The molecule has 1 aromatic carbocycles. The highest BCUT2D eigenvalue weighted by molar-refractivity contribution is 5.89. The van der Waals surface area contributed by atoms with Crippen molar-refractivity contribution in [2.75, 3.05) is 19.7 Å². The summed E-state index contributed by atoms with van der Waals surface area (Å²) in [6.45, 7) is 5.08. The number of aromatic nitrogens is 1. The van der Waals surface area contributed by atoms with E-state index >= 15 is 0 Å². The molecular weight excluding hydrogens is 236 g/mol. The van der Waals surface area contributed by atoms with Gasteiger partial charge in [-0.25, -0.2) is 4.98 Å². The fraction of sp³-hybridized carbons (Fsp3) is 0.438. The molecule has 1 fully saturated rings. The normalized spacial score (nSPS) is 16.7. The predicted octanol–water partition coefficient (Wildman–Crippen LogP) is 2.92. The van der Waals surface area contributed by atoms with E-state index in [0.717, 1.165) is 31.0 Å². The molecule has 19 heavy (non-hydrogen) atoms. The maximum atomic E-state index is 5.97. The third-order valence-electron chi connectivity index (χ3n) is 3.87. The van der Waals surface area contributed by atoms with Crippen LogP contribution in [0.4, 0.5) is 0 Å². The first-order chi connectivity index (χ1) is 9.34. The third-order valence-corrected chi connectivity index (χ3v) is 3.87. The molecule has 2 aromatic rings. The predicted molar refractivity (Wildman–Crippen MR) is 77.6 cm³/mol. The standard InChI is InChI=1S/C16H20N2O/c1-12-10-18-16(15-5-3-2-4-14(12)15)19-11-13-6-8-17-9-7-13/h2-5,10,13,17H,6-9,11H2,1H3. The average molecular weight is 256 g/mol. The Morgan fingerprint density at radius 1 is 1.21 bits per heavy atom. The highest BCUT2D eigenvalue weighted by atomic mass is 16.5. The number of rotatable bonds is 3. The van der Waals surface area contributed by atoms with Crippen molar-refractivity contribution in [3.05, 3.63) is 36.0 Å². The second-order valence-electron chi connectivity index (χ2n) is 5.30. The number of pyridine rings is 1. The summed E-state index contributed by atoms with van der Waals surface area (Å²) < 4.78 is 5.97. The van der Waals surface area contributed by atoms with Crippen LogP contribution in [0.1, 0.15) is 18.4 Å². The number of nitrogens with one attached hydrogen (secondary N) is 1. The van der Waals surface area contributed by atoms with Crippen LogP contribution in [-0.4, -0.2) is 24.7 Å². The lowest BCUT2D eigenvalue weighted by Crippen LogP contribution is -2.30. The second-order valence-corrected chi connectivity index (χ2v) is 5.30. The Labute approximate surface area is 114 Å². The summed E-state index contributed by atoms with van der Waals surface area (Å²) >= 11 is 0. The van der Waals surface area contributed by atoms with Gasteiger partial charge in [0.15, 0.2) is 0 Å². The summed E-state index contributed by atoms with van der Waals surface area (Å²) in [5.74, 6) is 1.43. The molecule has 0 unspecified atom stereocenters. The van der Waals surface area contributed by atoms with Gasteiger partial charge in [-0.3, -0.25) is 0 Å². The topological polar surface area (TPSA) is 34.1 Å². The number of fused-ring (bicyclic) bond motifs is 1. The molecular formula is C16H20N2O. The highest BCUT2D eigenvalue weighted by Crippen LogP contribution is 2.26. The Hall–Kier alpha value is -1.61. The first kappa shape index (κ1) is 12.4. The molecule has 1 saturated heterocycles. The van der Waals surface area contributed by atoms with Gasteiger partial charge in [0.1, 0.15) is 0 Å². The molecule has 0 aliphatic carbocycles. The molecule has 3 rings (SSSR count). The molecule has 3 nitrogen and oxygen atoms in total. The van der Waals surface area contributed by atoms with Gasteiger partial charge in [0.2, 0.25) is 5.88 Å². The molecule has 1 N–H and O–H groups in total. The lowest BCUT2D eigenvalue weighted by Gasteiger charge is -2.22. The van der Waals surface area contributed by atoms with Crippen molar-refractivity contribution in [3.8, 4) is 5.88 Å². The van der Waals surface area contributed by atoms with Crippen LogP contribution in [0.3, 0.4) is 0 Å². The van der Waals surface area contributed by atoms with Crippen LogP contribution >= 0.6 is 0 Å². The van der Waals surface area contributed by atoms with E-state index in [2.05, 4.69) is 35.4 Å². The minimum absolute atomic E-state index is 0.656. The highest BCUT2D eigenvalue weighted by Gasteiger charge is 2.14. The molecule has 100 valence electrons. The quantitative estimate of drug-likeness (QED) is 0.917. The molecule has 0 spiro atoms. The van der Waals surface area contributed by atoms with E-state index in [9.17, 15) is 0 Å². The largest absolute Gasteiger partial charge is 0.477 e. The van der Waals surface area contributed by atoms with Crippen molar-refractivity contribution < 1.29 is 4.74 Å². The molecule has 3 heteroatoms. The summed E-state index contributed by atoms with van der Waals surface area (Å²) in [7, 11) is 0. The van der Waals surface area contributed by atoms with Gasteiger partial charge in [-0.05, 0) is 55.8 Å². The van der Waals surface area contributed by atoms with Gasteiger partial charge < -0.3 is 10.1 Å². The number of piperidine rings is 1. The average Bonchev–Trinajstić information content (AvgIpc) is 2.48. The maximum absolute atomic E-state index is 5.97. The molecule has 0 atom stereocenters. The van der Waals surface area contributed by atoms with Crippen molar-refractivity contribution in [1.29, 1.82) is 0 Å². The minimum atomic E-state index is 0.656. The van der Waals surface area contributed by atoms with E-state index in [-0.39, 0.29) is 0 Å². The van der Waals surface area contributed by atoms with Crippen molar-refractivity contribution in [2.45, 2.75) is 19.8 Å². The van der Waals surface area contributed by atoms with Crippen molar-refractivity contribution >= 4 is 10.8 Å². The minimum Gasteiger partial charge on any atom is -0.477 e. The van der Waals surface area contributed by atoms with E-state index in [4.69, 9.17) is 4.74 Å². The summed E-state index contributed by atoms with van der Waals surface area (Å²) in [5.41, 5.74) is 1.20. The fourth-order valence-corrected chi connectivity index (χ4v) is 2.67. The summed E-state index contributed by atoms with van der Waals surface area (Å²) in [5, 5.41) is 5.73. The molecule has 1 aliphatic rings. The monoisotopic (exact) mass is 256 g/mol. The Kier molecular flexibility index (Phi) is 3.65. The lowest BCUT2D eigenvalue weighted by molar-refractivity contribution is 0.211. The van der Waals surface area contributed by atoms with Crippen molar-refractivity contribution in [2.24, 2.45) is 5.92 Å². The van der Waals surface area contributed by atoms with Crippen LogP contribution in [-0.2, 0) is 0 Å². The number of nitrogens with zero attached hydrogens (tertiary/aromatic N) is 1. The van der Waals surface area contributed by atoms with Gasteiger partial charge in [-0.1, -0.05) is 18.2 Å². The van der Waals surface area contributed by atoms with Gasteiger partial charge in [0.05, 0.1) is 6.61 Å². The van der Waals surface area contributed by atoms with E-state index in [1.165, 1.54) is 23.8 Å². The van der Waals surface area contributed by atoms with Crippen molar-refractivity contribution in [1.82, 2.24) is 10.3 Å². The van der Waals surface area contributed by atoms with Crippen LogP contribution in [0.5, 0.6) is 5.88 Å². The molecule has 0 saturated carbocycles. The molecule has 0 bridgehead atoms. The molecule has 0 amide bonds. The molecule has 2 heterocycles. The molecule has 0 radical (unpaired) electrons. The van der Waals surface area contributed by atoms with Crippen LogP contribution < -0.4 is 10.1 Å². The summed E-state index contributed by atoms with van der Waals surface area (Å²) in [4.78, 5) is 4.45. The van der Waals surface area contributed by atoms with Crippen LogP contribution in [0.25, 0.3) is 10.8 Å². The third kappa shape index (κ3) is 2.71.